The number of H-pyrrole nitrogens is 1. The predicted octanol–water partition coefficient (Wildman–Crippen LogP) is 12.3. The summed E-state index contributed by atoms with van der Waals surface area (Å²) in [6.45, 7) is 8.96. The van der Waals surface area contributed by atoms with E-state index in [1.54, 1.807) is 0 Å². The molecule has 0 saturated heterocycles. The fraction of sp³-hybridized carbons (Fsp3) is 0.209. The van der Waals surface area contributed by atoms with E-state index < -0.39 is 0 Å². The first-order valence-electron chi connectivity index (χ1n) is 16.7. The molecule has 0 aliphatic heterocycles. The zero-order valence-electron chi connectivity index (χ0n) is 26.8. The Hall–Kier alpha value is -5.02. The lowest BCUT2D eigenvalue weighted by atomic mass is 9.85. The highest BCUT2D eigenvalue weighted by atomic mass is 16.3. The van der Waals surface area contributed by atoms with Crippen LogP contribution in [0.2, 0.25) is 0 Å². The summed E-state index contributed by atoms with van der Waals surface area (Å²) in [5, 5.41) is 4.81. The van der Waals surface area contributed by atoms with Gasteiger partial charge in [0.1, 0.15) is 22.7 Å². The molecule has 7 aromatic rings. The van der Waals surface area contributed by atoms with Crippen molar-refractivity contribution in [3.8, 4) is 11.1 Å². The normalized spacial score (nSPS) is 16.2. The number of hydrogen-bond acceptors (Lipinski definition) is 2. The maximum atomic E-state index is 6.82. The monoisotopic (exact) mass is 599 g/mol. The Kier molecular flexibility index (Phi) is 6.08. The third-order valence-electron chi connectivity index (χ3n) is 10.2. The molecule has 46 heavy (non-hydrogen) atoms. The second kappa shape index (κ2) is 10.3. The van der Waals surface area contributed by atoms with Gasteiger partial charge in [0.15, 0.2) is 0 Å². The summed E-state index contributed by atoms with van der Waals surface area (Å²) in [5.41, 5.74) is 12.9. The van der Waals surface area contributed by atoms with Crippen LogP contribution in [0.25, 0.3) is 66.5 Å². The molecule has 3 aromatic heterocycles. The van der Waals surface area contributed by atoms with Crippen molar-refractivity contribution in [3.63, 3.8) is 0 Å². The third-order valence-corrected chi connectivity index (χ3v) is 10.2. The number of fused-ring (bicyclic) bond motifs is 9. The van der Waals surface area contributed by atoms with Crippen molar-refractivity contribution < 1.29 is 8.83 Å². The number of hydrogen-bond donors (Lipinski definition) is 1. The molecule has 2 aliphatic rings. The number of aromatic amines is 1. The van der Waals surface area contributed by atoms with Crippen molar-refractivity contribution in [1.29, 1.82) is 0 Å². The molecule has 0 amide bonds. The van der Waals surface area contributed by atoms with Crippen molar-refractivity contribution in [2.45, 2.75) is 52.4 Å². The Morgan fingerprint density at radius 2 is 1.52 bits per heavy atom. The van der Waals surface area contributed by atoms with Gasteiger partial charge in [-0.25, -0.2) is 0 Å². The maximum Gasteiger partial charge on any atom is 0.143 e. The van der Waals surface area contributed by atoms with Crippen molar-refractivity contribution in [1.82, 2.24) is 4.98 Å². The van der Waals surface area contributed by atoms with E-state index in [2.05, 4.69) is 136 Å². The molecule has 9 rings (SSSR count). The number of nitrogens with one attached hydrogen (secondary N) is 1. The number of benzene rings is 4. The Bertz CT molecular complexity index is 2430. The first-order chi connectivity index (χ1) is 22.5. The molecular weight excluding hydrogens is 562 g/mol. The van der Waals surface area contributed by atoms with E-state index in [0.717, 1.165) is 57.7 Å². The van der Waals surface area contributed by atoms with Crippen molar-refractivity contribution in [3.05, 3.63) is 131 Å². The average molecular weight is 600 g/mol. The fourth-order valence-corrected chi connectivity index (χ4v) is 7.80. The summed E-state index contributed by atoms with van der Waals surface area (Å²) >= 11 is 0. The summed E-state index contributed by atoms with van der Waals surface area (Å²) in [6.07, 6.45) is 13.1. The van der Waals surface area contributed by atoms with Crippen molar-refractivity contribution >= 4 is 55.4 Å². The zero-order valence-corrected chi connectivity index (χ0v) is 26.8. The lowest BCUT2D eigenvalue weighted by Crippen LogP contribution is -2.04. The minimum Gasteiger partial charge on any atom is -0.460 e. The highest BCUT2D eigenvalue weighted by Gasteiger charge is 2.30. The van der Waals surface area contributed by atoms with Gasteiger partial charge in [0.05, 0.1) is 0 Å². The van der Waals surface area contributed by atoms with Crippen LogP contribution in [0.4, 0.5) is 0 Å². The Balaban J connectivity index is 1.17. The van der Waals surface area contributed by atoms with Gasteiger partial charge >= 0.3 is 0 Å². The van der Waals surface area contributed by atoms with Crippen LogP contribution in [0.1, 0.15) is 79.7 Å². The Morgan fingerprint density at radius 1 is 0.739 bits per heavy atom. The summed E-state index contributed by atoms with van der Waals surface area (Å²) in [7, 11) is 0. The van der Waals surface area contributed by atoms with Gasteiger partial charge in [0.25, 0.3) is 0 Å². The molecule has 3 heteroatoms. The number of aromatic nitrogens is 1. The molecule has 0 radical (unpaired) electrons. The van der Waals surface area contributed by atoms with Crippen LogP contribution >= 0.6 is 0 Å². The van der Waals surface area contributed by atoms with Gasteiger partial charge in [-0.3, -0.25) is 0 Å². The van der Waals surface area contributed by atoms with E-state index in [0.29, 0.717) is 11.8 Å². The second-order valence-corrected chi connectivity index (χ2v) is 13.6. The van der Waals surface area contributed by atoms with Crippen molar-refractivity contribution in [2.75, 3.05) is 0 Å². The van der Waals surface area contributed by atoms with Gasteiger partial charge < -0.3 is 13.8 Å². The molecular formula is C43H37NO2. The molecule has 0 fully saturated rings. The van der Waals surface area contributed by atoms with Gasteiger partial charge in [-0.2, -0.15) is 0 Å². The summed E-state index contributed by atoms with van der Waals surface area (Å²) in [5.74, 6) is 3.14. The SMILES string of the molecule is CC(C)C1=CC=CCc2c1oc1c2C=CCC1c1ccc2[nH]c3ccc(-c4cccc5c4oc4c(C(C)C)cccc45)cc3c2c1. The standard InChI is InChI=1S/C43H37NO2/c1-24(2)28-10-5-6-11-32-34-16-8-13-30(42(34)45-40(28)32)26-18-20-38-36(22-26)37-23-27(19-21-39(37)44-38)31-14-9-17-35-33-15-7-12-29(25(3)4)41(33)46-43(31)35/h5-10,12,14-25,30,44H,11,13H2,1-4H3. The third kappa shape index (κ3) is 4.04. The molecule has 1 N–H and O–H groups in total. The van der Waals surface area contributed by atoms with Gasteiger partial charge in [-0.1, -0.05) is 107 Å². The summed E-state index contributed by atoms with van der Waals surface area (Å²) in [4.78, 5) is 3.67. The molecule has 1 unspecified atom stereocenters. The highest BCUT2D eigenvalue weighted by Crippen LogP contribution is 2.45. The topological polar surface area (TPSA) is 42.1 Å². The van der Waals surface area contributed by atoms with Crippen LogP contribution in [-0.4, -0.2) is 4.98 Å². The average Bonchev–Trinajstić information content (AvgIpc) is 3.70. The van der Waals surface area contributed by atoms with Crippen LogP contribution < -0.4 is 0 Å². The Labute approximate surface area is 268 Å². The molecule has 226 valence electrons. The Morgan fingerprint density at radius 3 is 2.35 bits per heavy atom. The highest BCUT2D eigenvalue weighted by molar-refractivity contribution is 6.13. The number of rotatable bonds is 4. The molecule has 3 nitrogen and oxygen atoms in total. The van der Waals surface area contributed by atoms with Crippen LogP contribution in [-0.2, 0) is 6.42 Å². The predicted molar refractivity (Wildman–Crippen MR) is 192 cm³/mol. The lowest BCUT2D eigenvalue weighted by molar-refractivity contribution is 0.468. The van der Waals surface area contributed by atoms with Gasteiger partial charge in [0, 0.05) is 55.2 Å². The van der Waals surface area contributed by atoms with Gasteiger partial charge in [-0.05, 0) is 71.2 Å². The van der Waals surface area contributed by atoms with Gasteiger partial charge in [-0.15, -0.1) is 0 Å². The number of furan rings is 2. The molecule has 1 atom stereocenters. The largest absolute Gasteiger partial charge is 0.460 e. The van der Waals surface area contributed by atoms with Crippen LogP contribution in [0.15, 0.2) is 106 Å². The van der Waals surface area contributed by atoms with E-state index in [-0.39, 0.29) is 5.92 Å². The van der Waals surface area contributed by atoms with E-state index in [9.17, 15) is 0 Å². The smallest absolute Gasteiger partial charge is 0.143 e. The lowest BCUT2D eigenvalue weighted by Gasteiger charge is -2.18. The van der Waals surface area contributed by atoms with E-state index >= 15 is 0 Å². The summed E-state index contributed by atoms with van der Waals surface area (Å²) in [6, 6.07) is 26.7. The zero-order chi connectivity index (χ0) is 31.1. The molecule has 4 aromatic carbocycles. The molecule has 0 bridgehead atoms. The molecule has 2 aliphatic carbocycles. The molecule has 0 saturated carbocycles. The maximum absolute atomic E-state index is 6.82. The number of para-hydroxylation sites is 2. The molecule has 0 spiro atoms. The van der Waals surface area contributed by atoms with E-state index in [4.69, 9.17) is 8.83 Å². The van der Waals surface area contributed by atoms with E-state index in [1.807, 2.05) is 0 Å². The minimum atomic E-state index is 0.182. The first kappa shape index (κ1) is 27.3. The number of allylic oxidation sites excluding steroid dienone is 5. The van der Waals surface area contributed by atoms with Crippen molar-refractivity contribution in [2.24, 2.45) is 5.92 Å². The first-order valence-corrected chi connectivity index (χ1v) is 16.7. The fourth-order valence-electron chi connectivity index (χ4n) is 7.80. The van der Waals surface area contributed by atoms with Gasteiger partial charge in [0.2, 0.25) is 0 Å². The van der Waals surface area contributed by atoms with Crippen LogP contribution in [0, 0.1) is 5.92 Å². The van der Waals surface area contributed by atoms with E-state index in [1.165, 1.54) is 49.4 Å². The summed E-state index contributed by atoms with van der Waals surface area (Å²) < 4.78 is 13.5. The quantitative estimate of drug-likeness (QED) is 0.219. The van der Waals surface area contributed by atoms with Crippen LogP contribution in [0.5, 0.6) is 0 Å². The minimum absolute atomic E-state index is 0.182. The molecule has 3 heterocycles. The second-order valence-electron chi connectivity index (χ2n) is 13.6. The van der Waals surface area contributed by atoms with Crippen LogP contribution in [0.3, 0.4) is 0 Å².